The van der Waals surface area contributed by atoms with Crippen LogP contribution >= 0.6 is 23.2 Å². The summed E-state index contributed by atoms with van der Waals surface area (Å²) in [6, 6.07) is 6.60. The van der Waals surface area contributed by atoms with Crippen molar-refractivity contribution in [3.05, 3.63) is 33.8 Å². The minimum absolute atomic E-state index is 0.164. The van der Waals surface area contributed by atoms with Gasteiger partial charge in [0, 0.05) is 18.1 Å². The van der Waals surface area contributed by atoms with Gasteiger partial charge in [-0.1, -0.05) is 23.2 Å². The molecule has 0 aliphatic rings. The molecule has 0 saturated heterocycles. The van der Waals surface area contributed by atoms with Crippen molar-refractivity contribution in [1.82, 2.24) is 4.90 Å². The van der Waals surface area contributed by atoms with E-state index < -0.39 is 0 Å². The Hall–Kier alpha value is -1.24. The second-order valence-corrected chi connectivity index (χ2v) is 4.60. The number of carbonyl (C=O) groups excluding carboxylic acids is 1. The molecule has 1 unspecified atom stereocenters. The van der Waals surface area contributed by atoms with Crippen molar-refractivity contribution in [2.24, 2.45) is 0 Å². The molecule has 1 aromatic carbocycles. The highest BCUT2D eigenvalue weighted by atomic mass is 35.5. The van der Waals surface area contributed by atoms with Crippen LogP contribution in [0.3, 0.4) is 0 Å². The fraction of sp³-hybridized carbons (Fsp3) is 0.333. The molecule has 0 heterocycles. The summed E-state index contributed by atoms with van der Waals surface area (Å²) in [4.78, 5) is 13.6. The second-order valence-electron chi connectivity index (χ2n) is 3.75. The second kappa shape index (κ2) is 5.90. The van der Waals surface area contributed by atoms with Gasteiger partial charge in [-0.15, -0.1) is 0 Å². The van der Waals surface area contributed by atoms with Crippen molar-refractivity contribution in [2.75, 3.05) is 7.05 Å². The van der Waals surface area contributed by atoms with Crippen molar-refractivity contribution < 1.29 is 4.79 Å². The minimum atomic E-state index is -0.236. The van der Waals surface area contributed by atoms with Crippen LogP contribution in [0.25, 0.3) is 0 Å². The molecule has 1 amide bonds. The van der Waals surface area contributed by atoms with Gasteiger partial charge >= 0.3 is 0 Å². The maximum atomic E-state index is 12.1. The van der Waals surface area contributed by atoms with Gasteiger partial charge in [-0.3, -0.25) is 4.79 Å². The molecule has 1 aromatic rings. The molecule has 0 bridgehead atoms. The molecule has 0 saturated carbocycles. The Morgan fingerprint density at radius 1 is 1.53 bits per heavy atom. The van der Waals surface area contributed by atoms with Crippen molar-refractivity contribution in [3.8, 4) is 6.07 Å². The van der Waals surface area contributed by atoms with Crippen LogP contribution in [-0.4, -0.2) is 23.9 Å². The standard InChI is InChI=1S/C12H12Cl2N2O/c1-8(5-6-15)16(2)12(17)10-7-9(13)3-4-11(10)14/h3-4,7-8H,5H2,1-2H3. The normalized spacial score (nSPS) is 11.7. The minimum Gasteiger partial charge on any atom is -0.338 e. The van der Waals surface area contributed by atoms with Crippen molar-refractivity contribution in [2.45, 2.75) is 19.4 Å². The molecule has 0 aliphatic carbocycles. The number of rotatable bonds is 3. The van der Waals surface area contributed by atoms with Crippen LogP contribution in [0.15, 0.2) is 18.2 Å². The number of amides is 1. The molecule has 0 N–H and O–H groups in total. The van der Waals surface area contributed by atoms with E-state index in [1.54, 1.807) is 26.1 Å². The third kappa shape index (κ3) is 3.36. The van der Waals surface area contributed by atoms with Gasteiger partial charge in [0.2, 0.25) is 0 Å². The Bertz CT molecular complexity index is 468. The quantitative estimate of drug-likeness (QED) is 0.846. The summed E-state index contributed by atoms with van der Waals surface area (Å²) in [6.45, 7) is 1.81. The van der Waals surface area contributed by atoms with Crippen LogP contribution in [0.5, 0.6) is 0 Å². The number of hydrogen-bond donors (Lipinski definition) is 0. The molecular weight excluding hydrogens is 259 g/mol. The van der Waals surface area contributed by atoms with E-state index in [1.807, 2.05) is 6.07 Å². The van der Waals surface area contributed by atoms with Crippen LogP contribution < -0.4 is 0 Å². The van der Waals surface area contributed by atoms with Crippen molar-refractivity contribution in [3.63, 3.8) is 0 Å². The Labute approximate surface area is 111 Å². The third-order valence-electron chi connectivity index (χ3n) is 2.53. The summed E-state index contributed by atoms with van der Waals surface area (Å²) in [5, 5.41) is 9.42. The Morgan fingerprint density at radius 3 is 2.76 bits per heavy atom. The van der Waals surface area contributed by atoms with Crippen LogP contribution in [0.1, 0.15) is 23.7 Å². The van der Waals surface area contributed by atoms with Crippen molar-refractivity contribution >= 4 is 29.1 Å². The summed E-state index contributed by atoms with van der Waals surface area (Å²) in [6.07, 6.45) is 0.278. The molecule has 5 heteroatoms. The van der Waals surface area contributed by atoms with E-state index in [4.69, 9.17) is 28.5 Å². The van der Waals surface area contributed by atoms with E-state index in [0.717, 1.165) is 0 Å². The van der Waals surface area contributed by atoms with Gasteiger partial charge in [0.25, 0.3) is 5.91 Å². The van der Waals surface area contributed by atoms with Crippen LogP contribution in [0.4, 0.5) is 0 Å². The molecule has 1 atom stereocenters. The fourth-order valence-electron chi connectivity index (χ4n) is 1.32. The van der Waals surface area contributed by atoms with E-state index in [1.165, 1.54) is 11.0 Å². The highest BCUT2D eigenvalue weighted by Gasteiger charge is 2.19. The van der Waals surface area contributed by atoms with E-state index in [2.05, 4.69) is 0 Å². The molecule has 0 radical (unpaired) electrons. The molecule has 0 fully saturated rings. The number of hydrogen-bond acceptors (Lipinski definition) is 2. The highest BCUT2D eigenvalue weighted by Crippen LogP contribution is 2.22. The van der Waals surface area contributed by atoms with Gasteiger partial charge in [-0.2, -0.15) is 5.26 Å². The number of halogens is 2. The monoisotopic (exact) mass is 270 g/mol. The van der Waals surface area contributed by atoms with E-state index >= 15 is 0 Å². The van der Waals surface area contributed by atoms with Gasteiger partial charge < -0.3 is 4.90 Å². The van der Waals surface area contributed by atoms with E-state index in [9.17, 15) is 4.79 Å². The average Bonchev–Trinajstić information content (AvgIpc) is 2.30. The Kier molecular flexibility index (Phi) is 4.80. The molecule has 3 nitrogen and oxygen atoms in total. The molecule has 0 aliphatic heterocycles. The zero-order valence-electron chi connectivity index (χ0n) is 9.58. The van der Waals surface area contributed by atoms with E-state index in [0.29, 0.717) is 15.6 Å². The molecule has 0 aromatic heterocycles. The lowest BCUT2D eigenvalue weighted by molar-refractivity contribution is 0.0746. The predicted octanol–water partition coefficient (Wildman–Crippen LogP) is 3.37. The molecule has 0 spiro atoms. The zero-order chi connectivity index (χ0) is 13.0. The van der Waals surface area contributed by atoms with Gasteiger partial charge in [0.15, 0.2) is 0 Å². The van der Waals surface area contributed by atoms with Crippen LogP contribution in [-0.2, 0) is 0 Å². The number of nitriles is 1. The predicted molar refractivity (Wildman–Crippen MR) is 68.2 cm³/mol. The molecular formula is C12H12Cl2N2O. The summed E-state index contributed by atoms with van der Waals surface area (Å²) < 4.78 is 0. The van der Waals surface area contributed by atoms with Crippen LogP contribution in [0.2, 0.25) is 10.0 Å². The topological polar surface area (TPSA) is 44.1 Å². The average molecular weight is 271 g/mol. The lowest BCUT2D eigenvalue weighted by Gasteiger charge is -2.23. The summed E-state index contributed by atoms with van der Waals surface area (Å²) in [5.41, 5.74) is 0.353. The van der Waals surface area contributed by atoms with Gasteiger partial charge in [0.1, 0.15) is 0 Å². The van der Waals surface area contributed by atoms with E-state index in [-0.39, 0.29) is 18.4 Å². The SMILES string of the molecule is CC(CC#N)N(C)C(=O)c1cc(Cl)ccc1Cl. The van der Waals surface area contributed by atoms with Crippen molar-refractivity contribution in [1.29, 1.82) is 5.26 Å². The molecule has 1 rings (SSSR count). The lowest BCUT2D eigenvalue weighted by atomic mass is 10.1. The largest absolute Gasteiger partial charge is 0.338 e. The highest BCUT2D eigenvalue weighted by molar-refractivity contribution is 6.35. The zero-order valence-corrected chi connectivity index (χ0v) is 11.1. The molecule has 17 heavy (non-hydrogen) atoms. The van der Waals surface area contributed by atoms with Gasteiger partial charge in [0.05, 0.1) is 23.1 Å². The number of carbonyl (C=O) groups is 1. The number of benzene rings is 1. The van der Waals surface area contributed by atoms with Crippen LogP contribution in [0, 0.1) is 11.3 Å². The first-order valence-corrected chi connectivity index (χ1v) is 5.82. The fourth-order valence-corrected chi connectivity index (χ4v) is 1.69. The maximum absolute atomic E-state index is 12.1. The first-order chi connectivity index (χ1) is 7.97. The first kappa shape index (κ1) is 13.8. The third-order valence-corrected chi connectivity index (χ3v) is 3.09. The van der Waals surface area contributed by atoms with Gasteiger partial charge in [-0.25, -0.2) is 0 Å². The summed E-state index contributed by atoms with van der Waals surface area (Å²) >= 11 is 11.8. The van der Waals surface area contributed by atoms with Gasteiger partial charge in [-0.05, 0) is 25.1 Å². The molecule has 90 valence electrons. The summed E-state index contributed by atoms with van der Waals surface area (Å²) in [7, 11) is 1.64. The smallest absolute Gasteiger partial charge is 0.255 e. The Morgan fingerprint density at radius 2 is 2.18 bits per heavy atom. The number of nitrogens with zero attached hydrogens (tertiary/aromatic N) is 2. The summed E-state index contributed by atoms with van der Waals surface area (Å²) in [5.74, 6) is -0.236. The Balaban J connectivity index is 2.96. The lowest BCUT2D eigenvalue weighted by Crippen LogP contribution is -2.35. The first-order valence-electron chi connectivity index (χ1n) is 5.06. The maximum Gasteiger partial charge on any atom is 0.255 e.